The van der Waals surface area contributed by atoms with Crippen molar-refractivity contribution in [3.05, 3.63) is 28.5 Å². The van der Waals surface area contributed by atoms with Crippen molar-refractivity contribution in [2.75, 3.05) is 0 Å². The first-order valence-electron chi connectivity index (χ1n) is 3.11. The average molecular weight is 254 g/mol. The van der Waals surface area contributed by atoms with Gasteiger partial charge in [0.05, 0.1) is 4.48 Å². The number of halogens is 7. The van der Waals surface area contributed by atoms with Gasteiger partial charge in [-0.15, -0.1) is 0 Å². The molecule has 1 rings (SSSR count). The van der Waals surface area contributed by atoms with E-state index in [2.05, 4.69) is 0 Å². The van der Waals surface area contributed by atoms with Gasteiger partial charge in [-0.05, 0) is 17.7 Å². The molecule has 0 bridgehead atoms. The molecule has 0 saturated heterocycles. The van der Waals surface area contributed by atoms with E-state index >= 15 is 0 Å². The van der Waals surface area contributed by atoms with Crippen LogP contribution in [0.1, 0.15) is 0 Å². The van der Waals surface area contributed by atoms with Gasteiger partial charge in [0.1, 0.15) is 5.02 Å². The van der Waals surface area contributed by atoms with Crippen molar-refractivity contribution in [2.24, 2.45) is 0 Å². The van der Waals surface area contributed by atoms with Crippen LogP contribution >= 0.6 is 23.2 Å². The Morgan fingerprint density at radius 1 is 1.14 bits per heavy atom. The van der Waals surface area contributed by atoms with Crippen LogP contribution in [0.15, 0.2) is 18.3 Å². The lowest BCUT2D eigenvalue weighted by molar-refractivity contribution is -0.841. The van der Waals surface area contributed by atoms with Crippen LogP contribution < -0.4 is 4.79 Å². The van der Waals surface area contributed by atoms with Crippen LogP contribution in [0.3, 0.4) is 0 Å². The average Bonchev–Trinajstić information content (AvgIpc) is 1.97. The minimum atomic E-state index is -6.00. The summed E-state index contributed by atoms with van der Waals surface area (Å²) in [7, 11) is -6.00. The van der Waals surface area contributed by atoms with Crippen molar-refractivity contribution in [3.63, 3.8) is 0 Å². The number of hydrogen-bond donors (Lipinski definition) is 0. The Morgan fingerprint density at radius 2 is 1.57 bits per heavy atom. The third kappa shape index (κ3) is 6.91. The zero-order chi connectivity index (χ0) is 11.4. The second-order valence-electron chi connectivity index (χ2n) is 1.95. The predicted octanol–water partition coefficient (Wildman–Crippen LogP) is 3.31. The molecular formula is C5H3BCl2F5N. The Kier molecular flexibility index (Phi) is 5.14. The molecule has 9 heteroatoms. The highest BCUT2D eigenvalue weighted by Crippen LogP contribution is 2.15. The van der Waals surface area contributed by atoms with Gasteiger partial charge in [0.15, 0.2) is 0 Å². The summed E-state index contributed by atoms with van der Waals surface area (Å²) in [5, 5.41) is 0.112. The molecule has 0 amide bonds. The third-order valence-corrected chi connectivity index (χ3v) is 1.61. The summed E-state index contributed by atoms with van der Waals surface area (Å²) in [6.07, 6.45) is 1.17. The van der Waals surface area contributed by atoms with Crippen molar-refractivity contribution in [1.82, 2.24) is 0 Å². The number of nitrogens with zero attached hydrogens (tertiary/aromatic N) is 1. The molecule has 1 nitrogen and oxygen atoms in total. The van der Waals surface area contributed by atoms with Gasteiger partial charge in [0.2, 0.25) is 6.20 Å². The molecule has 0 aliphatic rings. The predicted molar refractivity (Wildman–Crippen MR) is 43.3 cm³/mol. The van der Waals surface area contributed by atoms with Crippen LogP contribution in [0.2, 0.25) is 10.2 Å². The van der Waals surface area contributed by atoms with E-state index in [0.717, 1.165) is 0 Å². The molecule has 1 aromatic heterocycles. The highest BCUT2D eigenvalue weighted by Gasteiger charge is 2.20. The highest BCUT2D eigenvalue weighted by molar-refractivity contribution is 6.50. The maximum atomic E-state index is 12.3. The van der Waals surface area contributed by atoms with E-state index in [1.165, 1.54) is 18.3 Å². The van der Waals surface area contributed by atoms with Gasteiger partial charge in [-0.2, -0.15) is 0 Å². The first kappa shape index (κ1) is 13.4. The molecule has 0 aliphatic carbocycles. The highest BCUT2D eigenvalue weighted by atomic mass is 35.5. The SMILES string of the molecule is F[B-](F)(F)F.F[n+]1cccc(Cl)c1Cl. The van der Waals surface area contributed by atoms with Gasteiger partial charge in [-0.3, -0.25) is 0 Å². The van der Waals surface area contributed by atoms with Crippen LogP contribution in [-0.2, 0) is 0 Å². The fraction of sp³-hybridized carbons (Fsp3) is 0. The van der Waals surface area contributed by atoms with Crippen molar-refractivity contribution >= 4 is 30.5 Å². The lowest BCUT2D eigenvalue weighted by atomic mass is 10.3. The molecule has 14 heavy (non-hydrogen) atoms. The van der Waals surface area contributed by atoms with Gasteiger partial charge in [-0.25, -0.2) is 0 Å². The monoisotopic (exact) mass is 253 g/mol. The molecule has 0 aliphatic heterocycles. The molecular weight excluding hydrogens is 251 g/mol. The van der Waals surface area contributed by atoms with E-state index in [-0.39, 0.29) is 15.0 Å². The Labute approximate surface area is 86.1 Å². The van der Waals surface area contributed by atoms with E-state index in [9.17, 15) is 21.7 Å². The minimum Gasteiger partial charge on any atom is -0.418 e. The Hall–Kier alpha value is -0.555. The molecule has 0 N–H and O–H groups in total. The van der Waals surface area contributed by atoms with Crippen molar-refractivity contribution in [2.45, 2.75) is 0 Å². The summed E-state index contributed by atoms with van der Waals surface area (Å²) >= 11 is 10.8. The summed E-state index contributed by atoms with van der Waals surface area (Å²) in [5.41, 5.74) is 0. The topological polar surface area (TPSA) is 3.88 Å². The Bertz CT molecular complexity index is 278. The number of aromatic nitrogens is 1. The van der Waals surface area contributed by atoms with Crippen molar-refractivity contribution < 1.29 is 26.5 Å². The summed E-state index contributed by atoms with van der Waals surface area (Å²) in [6, 6.07) is 2.98. The quantitative estimate of drug-likeness (QED) is 0.379. The number of rotatable bonds is 0. The summed E-state index contributed by atoms with van der Waals surface area (Å²) in [6.45, 7) is 0. The summed E-state index contributed by atoms with van der Waals surface area (Å²) in [5.74, 6) is 0. The number of hydrogen-bond acceptors (Lipinski definition) is 0. The number of pyridine rings is 1. The van der Waals surface area contributed by atoms with Gasteiger partial charge >= 0.3 is 12.4 Å². The fourth-order valence-corrected chi connectivity index (χ4v) is 0.712. The summed E-state index contributed by atoms with van der Waals surface area (Å²) < 4.78 is 51.3. The molecule has 0 spiro atoms. The second-order valence-corrected chi connectivity index (χ2v) is 2.72. The van der Waals surface area contributed by atoms with E-state index in [0.29, 0.717) is 0 Å². The minimum absolute atomic E-state index is 0.0980. The van der Waals surface area contributed by atoms with Gasteiger partial charge in [0, 0.05) is 10.9 Å². The molecule has 0 aromatic carbocycles. The lowest BCUT2D eigenvalue weighted by Crippen LogP contribution is -2.22. The van der Waals surface area contributed by atoms with Gasteiger partial charge in [-0.1, -0.05) is 11.6 Å². The van der Waals surface area contributed by atoms with Crippen LogP contribution in [0.25, 0.3) is 0 Å². The first-order chi connectivity index (χ1) is 6.22. The molecule has 0 unspecified atom stereocenters. The first-order valence-corrected chi connectivity index (χ1v) is 3.86. The van der Waals surface area contributed by atoms with Gasteiger partial charge in [0.25, 0.3) is 0 Å². The molecule has 1 heterocycles. The maximum Gasteiger partial charge on any atom is 0.673 e. The lowest BCUT2D eigenvalue weighted by Gasteiger charge is -1.94. The molecule has 1 aromatic rings. The second kappa shape index (κ2) is 5.36. The summed E-state index contributed by atoms with van der Waals surface area (Å²) in [4.78, 5) is 0.254. The van der Waals surface area contributed by atoms with Crippen molar-refractivity contribution in [3.8, 4) is 0 Å². The molecule has 0 saturated carbocycles. The van der Waals surface area contributed by atoms with Crippen molar-refractivity contribution in [1.29, 1.82) is 0 Å². The Balaban J connectivity index is 0.000000292. The smallest absolute Gasteiger partial charge is 0.418 e. The van der Waals surface area contributed by atoms with E-state index in [1.54, 1.807) is 0 Å². The standard InChI is InChI=1S/C5H3Cl2FN.BF4/c6-4-2-1-3-9(8)5(4)7;2-1(3,4)5/h1-3H;/q+1;-1. The van der Waals surface area contributed by atoms with Crippen LogP contribution in [-0.4, -0.2) is 7.25 Å². The third-order valence-electron chi connectivity index (χ3n) is 0.844. The van der Waals surface area contributed by atoms with E-state index < -0.39 is 7.25 Å². The maximum absolute atomic E-state index is 12.3. The zero-order valence-electron chi connectivity index (χ0n) is 6.40. The molecule has 0 atom stereocenters. The van der Waals surface area contributed by atoms with E-state index in [4.69, 9.17) is 23.2 Å². The fourth-order valence-electron chi connectivity index (χ4n) is 0.439. The van der Waals surface area contributed by atoms with E-state index in [1.807, 2.05) is 0 Å². The molecule has 0 radical (unpaired) electrons. The van der Waals surface area contributed by atoms with Gasteiger partial charge < -0.3 is 17.3 Å². The normalized spacial score (nSPS) is 10.5. The van der Waals surface area contributed by atoms with Crippen LogP contribution in [0, 0.1) is 0 Å². The Morgan fingerprint density at radius 3 is 1.86 bits per heavy atom. The largest absolute Gasteiger partial charge is 0.673 e. The van der Waals surface area contributed by atoms with Crippen LogP contribution in [0.4, 0.5) is 21.7 Å². The molecule has 80 valence electrons. The van der Waals surface area contributed by atoms with Crippen LogP contribution in [0.5, 0.6) is 0 Å². The zero-order valence-corrected chi connectivity index (χ0v) is 7.91. The molecule has 0 fully saturated rings.